The smallest absolute Gasteiger partial charge is 0.219 e. The molecular weight excluding hydrogens is 543 g/mol. The maximum atomic E-state index is 15.0. The number of pyridine rings is 2. The number of carbonyl (C=O) groups is 2. The van der Waals surface area contributed by atoms with Crippen LogP contribution in [0.25, 0.3) is 20.8 Å². The summed E-state index contributed by atoms with van der Waals surface area (Å²) < 4.78 is 26.7. The topological polar surface area (TPSA) is 98.4 Å². The maximum absolute atomic E-state index is 15.0. The quantitative estimate of drug-likeness (QED) is 0.174. The van der Waals surface area contributed by atoms with Crippen LogP contribution >= 0.6 is 11.3 Å². The van der Waals surface area contributed by atoms with Crippen LogP contribution in [0.15, 0.2) is 65.4 Å². The second-order valence-corrected chi connectivity index (χ2v) is 10.9. The molecule has 0 aliphatic rings. The zero-order valence-corrected chi connectivity index (χ0v) is 23.8. The fourth-order valence-electron chi connectivity index (χ4n) is 4.47. The first-order chi connectivity index (χ1) is 19.8. The van der Waals surface area contributed by atoms with Crippen molar-refractivity contribution in [2.24, 2.45) is 0 Å². The van der Waals surface area contributed by atoms with Gasteiger partial charge in [0, 0.05) is 51.0 Å². The monoisotopic (exact) mass is 572 g/mol. The first-order valence-electron chi connectivity index (χ1n) is 13.3. The summed E-state index contributed by atoms with van der Waals surface area (Å²) in [6.07, 6.45) is 4.49. The van der Waals surface area contributed by atoms with Crippen molar-refractivity contribution in [3.63, 3.8) is 0 Å². The molecule has 41 heavy (non-hydrogen) atoms. The number of Topliss-reactive ketones (excluding diaryl/α,β-unsaturated/α-hetero) is 1. The molecular formula is C31H29FN4O4S. The van der Waals surface area contributed by atoms with E-state index < -0.39 is 5.82 Å². The van der Waals surface area contributed by atoms with Gasteiger partial charge in [-0.05, 0) is 48.7 Å². The van der Waals surface area contributed by atoms with Gasteiger partial charge in [-0.15, -0.1) is 11.3 Å². The van der Waals surface area contributed by atoms with Gasteiger partial charge in [-0.25, -0.2) is 4.39 Å². The van der Waals surface area contributed by atoms with Crippen LogP contribution in [0, 0.1) is 12.7 Å². The fourth-order valence-corrected chi connectivity index (χ4v) is 5.51. The Bertz CT molecular complexity index is 1700. The third kappa shape index (κ3) is 6.83. The van der Waals surface area contributed by atoms with Crippen LogP contribution in [0.4, 0.5) is 4.39 Å². The standard InChI is InChI=1S/C31H29FN4O4S/c1-4-11-36(20(3)37)18-22-5-7-26(34-17-22)30-16-27-31(41-30)29(9-10-33-27)39-28-8-6-21(14-25(28)32)13-24(38)15-23-12-19(2)40-35-23/h5-10,12,14,16-17H,4,11,13,15,18H2,1-3H3. The number of ether oxygens (including phenoxy) is 1. The lowest BCUT2D eigenvalue weighted by Crippen LogP contribution is -2.28. The van der Waals surface area contributed by atoms with E-state index in [1.807, 2.05) is 25.1 Å². The van der Waals surface area contributed by atoms with Gasteiger partial charge in [0.1, 0.15) is 17.3 Å². The Morgan fingerprint density at radius 3 is 2.54 bits per heavy atom. The Balaban J connectivity index is 1.29. The summed E-state index contributed by atoms with van der Waals surface area (Å²) in [5.41, 5.74) is 3.55. The Morgan fingerprint density at radius 2 is 1.85 bits per heavy atom. The molecule has 0 atom stereocenters. The van der Waals surface area contributed by atoms with E-state index >= 15 is 4.39 Å². The molecule has 0 unspecified atom stereocenters. The van der Waals surface area contributed by atoms with Crippen molar-refractivity contribution < 1.29 is 23.2 Å². The summed E-state index contributed by atoms with van der Waals surface area (Å²) in [6.45, 7) is 6.60. The van der Waals surface area contributed by atoms with Crippen molar-refractivity contribution in [1.82, 2.24) is 20.0 Å². The number of thiophene rings is 1. The van der Waals surface area contributed by atoms with E-state index in [0.717, 1.165) is 27.3 Å². The van der Waals surface area contributed by atoms with Gasteiger partial charge in [-0.1, -0.05) is 24.2 Å². The molecule has 4 heterocycles. The molecule has 0 saturated heterocycles. The predicted octanol–water partition coefficient (Wildman–Crippen LogP) is 6.70. The Morgan fingerprint density at radius 1 is 1.02 bits per heavy atom. The van der Waals surface area contributed by atoms with Crippen molar-refractivity contribution >= 4 is 33.2 Å². The molecule has 0 saturated carbocycles. The molecule has 210 valence electrons. The highest BCUT2D eigenvalue weighted by Gasteiger charge is 2.16. The SMILES string of the molecule is CCCN(Cc1ccc(-c2cc3nccc(Oc4ccc(CC(=O)Cc5cc(C)on5)cc4F)c3s2)nc1)C(C)=O. The molecule has 1 aromatic carbocycles. The van der Waals surface area contributed by atoms with E-state index in [1.165, 1.54) is 23.5 Å². The lowest BCUT2D eigenvalue weighted by molar-refractivity contribution is -0.129. The van der Waals surface area contributed by atoms with Crippen molar-refractivity contribution in [2.75, 3.05) is 6.54 Å². The van der Waals surface area contributed by atoms with E-state index in [4.69, 9.17) is 9.26 Å². The Labute approximate surface area is 240 Å². The van der Waals surface area contributed by atoms with Gasteiger partial charge in [-0.3, -0.25) is 19.6 Å². The summed E-state index contributed by atoms with van der Waals surface area (Å²) in [5, 5.41) is 3.84. The minimum absolute atomic E-state index is 0.0385. The number of amides is 1. The zero-order chi connectivity index (χ0) is 28.9. The number of hydrogen-bond donors (Lipinski definition) is 0. The third-order valence-electron chi connectivity index (χ3n) is 6.44. The molecule has 0 aliphatic carbocycles. The molecule has 1 amide bonds. The molecule has 8 nitrogen and oxygen atoms in total. The molecule has 5 aromatic rings. The van der Waals surface area contributed by atoms with Crippen molar-refractivity contribution in [1.29, 1.82) is 0 Å². The molecule has 4 aromatic heterocycles. The molecule has 0 fully saturated rings. The van der Waals surface area contributed by atoms with E-state index in [0.29, 0.717) is 41.4 Å². The number of aromatic nitrogens is 3. The highest BCUT2D eigenvalue weighted by molar-refractivity contribution is 7.22. The molecule has 5 rings (SSSR count). The maximum Gasteiger partial charge on any atom is 0.219 e. The highest BCUT2D eigenvalue weighted by Crippen LogP contribution is 2.39. The van der Waals surface area contributed by atoms with Gasteiger partial charge in [0.2, 0.25) is 5.91 Å². The van der Waals surface area contributed by atoms with Crippen LogP contribution in [-0.4, -0.2) is 38.3 Å². The molecule has 0 radical (unpaired) electrons. The van der Waals surface area contributed by atoms with Gasteiger partial charge < -0.3 is 14.2 Å². The Kier molecular flexibility index (Phi) is 8.49. The molecule has 10 heteroatoms. The van der Waals surface area contributed by atoms with E-state index in [9.17, 15) is 9.59 Å². The Hall–Kier alpha value is -4.44. The van der Waals surface area contributed by atoms with Crippen LogP contribution in [0.2, 0.25) is 0 Å². The highest BCUT2D eigenvalue weighted by atomic mass is 32.1. The molecule has 0 bridgehead atoms. The zero-order valence-electron chi connectivity index (χ0n) is 23.0. The van der Waals surface area contributed by atoms with E-state index in [2.05, 4.69) is 15.1 Å². The van der Waals surface area contributed by atoms with Crippen molar-refractivity contribution in [3.05, 3.63) is 89.3 Å². The predicted molar refractivity (Wildman–Crippen MR) is 154 cm³/mol. The van der Waals surface area contributed by atoms with Crippen LogP contribution in [-0.2, 0) is 29.0 Å². The minimum Gasteiger partial charge on any atom is -0.453 e. The van der Waals surface area contributed by atoms with Gasteiger partial charge >= 0.3 is 0 Å². The van der Waals surface area contributed by atoms with Crippen LogP contribution in [0.1, 0.15) is 42.8 Å². The van der Waals surface area contributed by atoms with Crippen LogP contribution < -0.4 is 4.74 Å². The lowest BCUT2D eigenvalue weighted by atomic mass is 10.1. The first-order valence-corrected chi connectivity index (χ1v) is 14.1. The van der Waals surface area contributed by atoms with Crippen LogP contribution in [0.5, 0.6) is 11.5 Å². The van der Waals surface area contributed by atoms with Crippen molar-refractivity contribution in [2.45, 2.75) is 46.6 Å². The largest absolute Gasteiger partial charge is 0.453 e. The summed E-state index contributed by atoms with van der Waals surface area (Å²) >= 11 is 1.45. The second-order valence-electron chi connectivity index (χ2n) is 9.81. The van der Waals surface area contributed by atoms with Crippen molar-refractivity contribution in [3.8, 4) is 22.1 Å². The summed E-state index contributed by atoms with van der Waals surface area (Å²) in [4.78, 5) is 36.0. The number of hydrogen-bond acceptors (Lipinski definition) is 8. The van der Waals surface area contributed by atoms with Gasteiger partial charge in [0.15, 0.2) is 11.6 Å². The number of carbonyl (C=O) groups excluding carboxylic acids is 2. The molecule has 0 N–H and O–H groups in total. The summed E-state index contributed by atoms with van der Waals surface area (Å²) in [5.74, 6) is 0.555. The average Bonchev–Trinajstić information content (AvgIpc) is 3.56. The number of nitrogens with zero attached hydrogens (tertiary/aromatic N) is 4. The van der Waals surface area contributed by atoms with Crippen LogP contribution in [0.3, 0.4) is 0 Å². The minimum atomic E-state index is -0.561. The van der Waals surface area contributed by atoms with Gasteiger partial charge in [0.25, 0.3) is 0 Å². The number of fused-ring (bicyclic) bond motifs is 1. The number of aryl methyl sites for hydroxylation is 1. The lowest BCUT2D eigenvalue weighted by Gasteiger charge is -2.20. The third-order valence-corrected chi connectivity index (χ3v) is 7.60. The molecule has 0 aliphatic heterocycles. The average molecular weight is 573 g/mol. The first kappa shape index (κ1) is 28.1. The van der Waals surface area contributed by atoms with Gasteiger partial charge in [0.05, 0.1) is 32.9 Å². The van der Waals surface area contributed by atoms with Gasteiger partial charge in [-0.2, -0.15) is 0 Å². The number of halogens is 1. The number of ketones is 1. The molecule has 0 spiro atoms. The summed E-state index contributed by atoms with van der Waals surface area (Å²) in [6, 6.07) is 13.8. The normalized spacial score (nSPS) is 11.1. The van der Waals surface area contributed by atoms with E-state index in [-0.39, 0.29) is 30.3 Å². The number of benzene rings is 1. The summed E-state index contributed by atoms with van der Waals surface area (Å²) in [7, 11) is 0. The number of rotatable bonds is 11. The second kappa shape index (κ2) is 12.4. The fraction of sp³-hybridized carbons (Fsp3) is 0.258. The van der Waals surface area contributed by atoms with E-state index in [1.54, 1.807) is 49.3 Å².